The number of ketones is 1. The molecule has 1 aliphatic heterocycles. The average Bonchev–Trinajstić information content (AvgIpc) is 3.15. The van der Waals surface area contributed by atoms with Gasteiger partial charge in [0.25, 0.3) is 0 Å². The van der Waals surface area contributed by atoms with Gasteiger partial charge in [-0.05, 0) is 63.5 Å². The lowest BCUT2D eigenvalue weighted by atomic mass is 9.44. The topological polar surface area (TPSA) is 224 Å². The van der Waals surface area contributed by atoms with Gasteiger partial charge in [-0.15, -0.1) is 0 Å². The van der Waals surface area contributed by atoms with E-state index >= 15 is 0 Å². The van der Waals surface area contributed by atoms with Gasteiger partial charge in [0.2, 0.25) is 0 Å². The molecule has 3 aliphatic carbocycles. The molecule has 5 N–H and O–H groups in total. The minimum Gasteiger partial charge on any atom is -0.458 e. The smallest absolute Gasteiger partial charge is 0.408 e. The van der Waals surface area contributed by atoms with Gasteiger partial charge < -0.3 is 49.4 Å². The number of aliphatic hydroxyl groups is 4. The summed E-state index contributed by atoms with van der Waals surface area (Å²) in [5.41, 5.74) is -7.72. The van der Waals surface area contributed by atoms with E-state index in [1.165, 1.54) is 26.0 Å². The Kier molecular flexibility index (Phi) is 11.7. The Hall–Kier alpha value is -4.67. The van der Waals surface area contributed by atoms with Gasteiger partial charge in [0.15, 0.2) is 11.4 Å². The molecular weight excluding hydrogens is 766 g/mol. The summed E-state index contributed by atoms with van der Waals surface area (Å²) in [6, 6.07) is 15.2. The van der Waals surface area contributed by atoms with E-state index in [4.69, 9.17) is 23.7 Å². The molecule has 59 heavy (non-hydrogen) atoms. The van der Waals surface area contributed by atoms with Gasteiger partial charge in [0.1, 0.15) is 35.6 Å². The number of ether oxygens (including phenoxy) is 5. The first-order valence-corrected chi connectivity index (χ1v) is 19.8. The minimum absolute atomic E-state index is 0.0236. The molecule has 320 valence electrons. The number of rotatable bonds is 9. The van der Waals surface area contributed by atoms with Gasteiger partial charge in [0, 0.05) is 25.2 Å². The lowest BCUT2D eigenvalue weighted by Crippen LogP contribution is -2.81. The van der Waals surface area contributed by atoms with Crippen LogP contribution in [0.4, 0.5) is 4.79 Å². The summed E-state index contributed by atoms with van der Waals surface area (Å²) >= 11 is 0. The second-order valence-corrected chi connectivity index (χ2v) is 18.0. The third-order valence-electron chi connectivity index (χ3n) is 12.8. The SMILES string of the molecule is CC(=O)O[C@@]12CO[C@@H]1C[C@H](O)[C@@]1(C)C(=O)[C@H](O)C3=C(C)[C@@H](OC(=O)C[C@@H](O)[C@@H](NC(=O)OC(C)(C)C)c4ccccc4)C[C@@](O)([C@@H](OC(=O)c4ccccc4)[C@H]21)C3(C)C. The molecule has 2 bridgehead atoms. The van der Waals surface area contributed by atoms with E-state index in [2.05, 4.69) is 5.32 Å². The van der Waals surface area contributed by atoms with Crippen LogP contribution >= 0.6 is 0 Å². The third kappa shape index (κ3) is 7.67. The number of aliphatic hydroxyl groups excluding tert-OH is 3. The van der Waals surface area contributed by atoms with E-state index in [9.17, 15) is 44.4 Å². The number of Topliss-reactive ketones (excluding diaryl/α,β-unsaturated/α-hetero) is 1. The fraction of sp³-hybridized carbons (Fsp3) is 0.568. The first kappa shape index (κ1) is 43.9. The van der Waals surface area contributed by atoms with Crippen LogP contribution in [0, 0.1) is 16.7 Å². The van der Waals surface area contributed by atoms with Gasteiger partial charge >= 0.3 is 24.0 Å². The molecule has 6 rings (SSSR count). The molecule has 0 spiro atoms. The highest BCUT2D eigenvalue weighted by atomic mass is 16.6. The second kappa shape index (κ2) is 15.7. The van der Waals surface area contributed by atoms with Crippen molar-refractivity contribution < 1.29 is 68.1 Å². The van der Waals surface area contributed by atoms with Crippen LogP contribution in [0.15, 0.2) is 71.8 Å². The number of fused-ring (bicyclic) bond motifs is 5. The molecule has 2 saturated carbocycles. The number of esters is 3. The third-order valence-corrected chi connectivity index (χ3v) is 12.8. The maximum Gasteiger partial charge on any atom is 0.408 e. The van der Waals surface area contributed by atoms with Crippen molar-refractivity contribution in [1.82, 2.24) is 5.32 Å². The number of alkyl carbamates (subject to hydrolysis) is 1. The quantitative estimate of drug-likeness (QED) is 0.138. The highest BCUT2D eigenvalue weighted by molar-refractivity contribution is 5.94. The summed E-state index contributed by atoms with van der Waals surface area (Å²) in [7, 11) is 0. The van der Waals surface area contributed by atoms with E-state index in [0.29, 0.717) is 5.56 Å². The minimum atomic E-state index is -2.31. The van der Waals surface area contributed by atoms with E-state index in [-0.39, 0.29) is 29.7 Å². The molecule has 3 fully saturated rings. The highest BCUT2D eigenvalue weighted by Crippen LogP contribution is 2.64. The summed E-state index contributed by atoms with van der Waals surface area (Å²) in [5, 5.41) is 51.5. The molecule has 0 radical (unpaired) electrons. The van der Waals surface area contributed by atoms with E-state index in [1.54, 1.807) is 83.1 Å². The largest absolute Gasteiger partial charge is 0.458 e. The van der Waals surface area contributed by atoms with Gasteiger partial charge in [-0.2, -0.15) is 0 Å². The zero-order chi connectivity index (χ0) is 43.5. The molecule has 11 atom stereocenters. The molecule has 15 heteroatoms. The van der Waals surface area contributed by atoms with Crippen molar-refractivity contribution >= 4 is 29.8 Å². The molecule has 15 nitrogen and oxygen atoms in total. The molecule has 2 aromatic carbocycles. The average molecular weight is 822 g/mol. The maximum absolute atomic E-state index is 14.9. The van der Waals surface area contributed by atoms with Crippen molar-refractivity contribution in [3.8, 4) is 0 Å². The Bertz CT molecular complexity index is 1990. The highest BCUT2D eigenvalue weighted by Gasteiger charge is 2.78. The Labute approximate surface area is 343 Å². The van der Waals surface area contributed by atoms with Crippen LogP contribution in [-0.2, 0) is 38.1 Å². The van der Waals surface area contributed by atoms with Crippen molar-refractivity contribution in [1.29, 1.82) is 0 Å². The molecule has 2 aromatic rings. The Balaban J connectivity index is 1.43. The summed E-state index contributed by atoms with van der Waals surface area (Å²) in [6.07, 6.45) is -11.3. The van der Waals surface area contributed by atoms with Crippen molar-refractivity contribution in [2.75, 3.05) is 6.61 Å². The lowest BCUT2D eigenvalue weighted by molar-refractivity contribution is -0.346. The molecule has 0 unspecified atom stereocenters. The van der Waals surface area contributed by atoms with Crippen LogP contribution in [0.25, 0.3) is 0 Å². The van der Waals surface area contributed by atoms with E-state index < -0.39 is 119 Å². The number of amides is 1. The van der Waals surface area contributed by atoms with Crippen molar-refractivity contribution in [3.63, 3.8) is 0 Å². The summed E-state index contributed by atoms with van der Waals surface area (Å²) in [6.45, 7) is 12.0. The summed E-state index contributed by atoms with van der Waals surface area (Å²) in [5.74, 6) is -5.01. The summed E-state index contributed by atoms with van der Waals surface area (Å²) < 4.78 is 29.6. The molecular formula is C44H55NO14. The number of benzene rings is 2. The van der Waals surface area contributed by atoms with Crippen LogP contribution in [0.5, 0.6) is 0 Å². The number of hydrogen-bond donors (Lipinski definition) is 5. The first-order valence-electron chi connectivity index (χ1n) is 19.8. The number of carbonyl (C=O) groups excluding carboxylic acids is 5. The molecule has 1 saturated heterocycles. The standard InChI is InChI=1S/C44H55NO14/c1-23-28(56-31(49)19-27(47)33(25-15-11-9-12-16-25)45-39(53)59-40(3,4)5)21-44(54)37(57-38(52)26-17-13-10-14-18-26)35-42(8,36(51)34(50)32(23)41(44,6)7)29(48)20-30-43(35,22-55-30)58-24(2)46/h9-18,27-30,33-35,37,47-48,50,54H,19-22H2,1-8H3,(H,45,53)/t27-,28+,29+,30-,33+,34-,35+,37+,42-,43+,44-/m1/s1. The first-order chi connectivity index (χ1) is 27.5. The van der Waals surface area contributed by atoms with E-state index in [0.717, 1.165) is 6.92 Å². The van der Waals surface area contributed by atoms with Crippen LogP contribution in [0.3, 0.4) is 0 Å². The van der Waals surface area contributed by atoms with Crippen molar-refractivity contribution in [2.45, 2.75) is 134 Å². The second-order valence-electron chi connectivity index (χ2n) is 18.0. The van der Waals surface area contributed by atoms with Crippen LogP contribution in [-0.4, -0.2) is 110 Å². The summed E-state index contributed by atoms with van der Waals surface area (Å²) in [4.78, 5) is 68.6. The monoisotopic (exact) mass is 821 g/mol. The fourth-order valence-electron chi connectivity index (χ4n) is 9.77. The maximum atomic E-state index is 14.9. The fourth-order valence-corrected chi connectivity index (χ4v) is 9.77. The predicted octanol–water partition coefficient (Wildman–Crippen LogP) is 3.65. The normalized spacial score (nSPS) is 33.3. The van der Waals surface area contributed by atoms with Crippen molar-refractivity contribution in [3.05, 3.63) is 82.9 Å². The molecule has 1 heterocycles. The number of hydrogen-bond acceptors (Lipinski definition) is 14. The van der Waals surface area contributed by atoms with Crippen LogP contribution < -0.4 is 5.32 Å². The zero-order valence-electron chi connectivity index (χ0n) is 34.6. The molecule has 1 amide bonds. The molecule has 0 aromatic heterocycles. The van der Waals surface area contributed by atoms with Crippen LogP contribution in [0.2, 0.25) is 0 Å². The van der Waals surface area contributed by atoms with Gasteiger partial charge in [0.05, 0.1) is 48.2 Å². The Morgan fingerprint density at radius 1 is 0.966 bits per heavy atom. The molecule has 4 aliphatic rings. The van der Waals surface area contributed by atoms with Crippen LogP contribution in [0.1, 0.15) is 96.6 Å². The predicted molar refractivity (Wildman–Crippen MR) is 208 cm³/mol. The number of carbonyl (C=O) groups is 5. The lowest BCUT2D eigenvalue weighted by Gasteiger charge is -2.67. The number of nitrogens with one attached hydrogen (secondary N) is 1. The van der Waals surface area contributed by atoms with Crippen molar-refractivity contribution in [2.24, 2.45) is 16.7 Å². The Morgan fingerprint density at radius 2 is 1.58 bits per heavy atom. The van der Waals surface area contributed by atoms with Gasteiger partial charge in [-0.25, -0.2) is 9.59 Å². The zero-order valence-corrected chi connectivity index (χ0v) is 34.6. The Morgan fingerprint density at radius 3 is 2.14 bits per heavy atom. The van der Waals surface area contributed by atoms with Gasteiger partial charge in [-0.1, -0.05) is 62.4 Å². The van der Waals surface area contributed by atoms with Gasteiger partial charge in [-0.3, -0.25) is 14.4 Å². The van der Waals surface area contributed by atoms with E-state index in [1.807, 2.05) is 0 Å².